The zero-order valence-corrected chi connectivity index (χ0v) is 17.1. The Labute approximate surface area is 175 Å². The Bertz CT molecular complexity index is 962. The van der Waals surface area contributed by atoms with Crippen LogP contribution < -0.4 is 9.64 Å². The van der Waals surface area contributed by atoms with E-state index in [0.717, 1.165) is 43.7 Å². The summed E-state index contributed by atoms with van der Waals surface area (Å²) in [6, 6.07) is 1.53. The van der Waals surface area contributed by atoms with E-state index in [4.69, 9.17) is 9.72 Å². The van der Waals surface area contributed by atoms with Gasteiger partial charge in [-0.2, -0.15) is 9.97 Å². The van der Waals surface area contributed by atoms with E-state index in [1.165, 1.54) is 19.3 Å². The second-order valence-electron chi connectivity index (χ2n) is 9.70. The molecule has 2 aromatic rings. The highest BCUT2D eigenvalue weighted by Crippen LogP contribution is 2.42. The number of pyridine rings is 1. The van der Waals surface area contributed by atoms with Crippen molar-refractivity contribution in [2.45, 2.75) is 50.2 Å². The Hall–Kier alpha value is -2.22. The maximum absolute atomic E-state index is 14.1. The van der Waals surface area contributed by atoms with E-state index in [9.17, 15) is 9.50 Å². The fourth-order valence-corrected chi connectivity index (χ4v) is 6.33. The molecule has 0 amide bonds. The quantitative estimate of drug-likeness (QED) is 0.826. The average molecular weight is 413 g/mol. The van der Waals surface area contributed by atoms with Gasteiger partial charge in [0.25, 0.3) is 0 Å². The van der Waals surface area contributed by atoms with Crippen LogP contribution in [0.1, 0.15) is 38.5 Å². The molecule has 0 aromatic carbocycles. The molecule has 5 heterocycles. The molecule has 6 rings (SSSR count). The first-order valence-corrected chi connectivity index (χ1v) is 11.2. The fraction of sp³-hybridized carbons (Fsp3) is 0.682. The summed E-state index contributed by atoms with van der Waals surface area (Å²) in [7, 11) is 0. The molecule has 4 aliphatic rings. The van der Waals surface area contributed by atoms with Crippen molar-refractivity contribution < 1.29 is 14.2 Å². The van der Waals surface area contributed by atoms with Gasteiger partial charge >= 0.3 is 6.01 Å². The third kappa shape index (κ3) is 3.07. The average Bonchev–Trinajstić information content (AvgIpc) is 3.36. The number of ether oxygens (including phenoxy) is 1. The van der Waals surface area contributed by atoms with Crippen molar-refractivity contribution in [3.05, 3.63) is 12.3 Å². The molecule has 1 N–H and O–H groups in total. The SMILES string of the molecule is Oc1ncc2c(N3CC4CCC(C4)C3)nc(OC[C@@]34CCCN3C[C@H](F)C4)cc2n1. The number of hydrogen-bond acceptors (Lipinski definition) is 7. The van der Waals surface area contributed by atoms with E-state index in [1.807, 2.05) is 0 Å². The lowest BCUT2D eigenvalue weighted by atomic mass is 9.95. The molecule has 0 radical (unpaired) electrons. The number of piperidine rings is 1. The Morgan fingerprint density at radius 2 is 2.03 bits per heavy atom. The second kappa shape index (κ2) is 6.90. The number of alkyl halides is 1. The van der Waals surface area contributed by atoms with Gasteiger partial charge in [-0.3, -0.25) is 4.90 Å². The van der Waals surface area contributed by atoms with Crippen LogP contribution in [0.2, 0.25) is 0 Å². The summed E-state index contributed by atoms with van der Waals surface area (Å²) in [5, 5.41) is 10.7. The molecule has 30 heavy (non-hydrogen) atoms. The molecule has 0 spiro atoms. The maximum Gasteiger partial charge on any atom is 0.314 e. The second-order valence-corrected chi connectivity index (χ2v) is 9.70. The fourth-order valence-electron chi connectivity index (χ4n) is 6.33. The monoisotopic (exact) mass is 413 g/mol. The molecule has 1 aliphatic carbocycles. The van der Waals surface area contributed by atoms with Crippen molar-refractivity contribution in [2.24, 2.45) is 11.8 Å². The van der Waals surface area contributed by atoms with E-state index >= 15 is 0 Å². The predicted octanol–water partition coefficient (Wildman–Crippen LogP) is 2.92. The van der Waals surface area contributed by atoms with Gasteiger partial charge in [0.15, 0.2) is 0 Å². The van der Waals surface area contributed by atoms with E-state index < -0.39 is 6.17 Å². The van der Waals surface area contributed by atoms with Crippen LogP contribution in [0.25, 0.3) is 10.9 Å². The Balaban J connectivity index is 1.32. The Morgan fingerprint density at radius 1 is 1.20 bits per heavy atom. The van der Waals surface area contributed by atoms with Crippen LogP contribution in [0.5, 0.6) is 11.9 Å². The zero-order valence-electron chi connectivity index (χ0n) is 17.1. The number of nitrogens with zero attached hydrogens (tertiary/aromatic N) is 5. The summed E-state index contributed by atoms with van der Waals surface area (Å²) in [4.78, 5) is 17.7. The van der Waals surface area contributed by atoms with Crippen LogP contribution in [0.15, 0.2) is 12.3 Å². The van der Waals surface area contributed by atoms with Gasteiger partial charge in [-0.15, -0.1) is 0 Å². The predicted molar refractivity (Wildman–Crippen MR) is 111 cm³/mol. The molecular formula is C22H28FN5O2. The van der Waals surface area contributed by atoms with E-state index in [2.05, 4.69) is 19.8 Å². The number of aromatic hydroxyl groups is 1. The van der Waals surface area contributed by atoms with Gasteiger partial charge in [-0.25, -0.2) is 9.37 Å². The number of anilines is 1. The van der Waals surface area contributed by atoms with Crippen LogP contribution in [-0.2, 0) is 0 Å². The first-order chi connectivity index (χ1) is 14.6. The van der Waals surface area contributed by atoms with Crippen molar-refractivity contribution in [3.8, 4) is 11.9 Å². The number of halogens is 1. The molecular weight excluding hydrogens is 385 g/mol. The van der Waals surface area contributed by atoms with Gasteiger partial charge < -0.3 is 14.7 Å². The van der Waals surface area contributed by atoms with Crippen LogP contribution in [0, 0.1) is 11.8 Å². The molecule has 4 fully saturated rings. The van der Waals surface area contributed by atoms with Crippen LogP contribution in [-0.4, -0.2) is 69.5 Å². The highest BCUT2D eigenvalue weighted by atomic mass is 19.1. The van der Waals surface area contributed by atoms with Crippen molar-refractivity contribution in [3.63, 3.8) is 0 Å². The number of fused-ring (bicyclic) bond motifs is 4. The third-order valence-corrected chi connectivity index (χ3v) is 7.68. The summed E-state index contributed by atoms with van der Waals surface area (Å²) in [6.45, 7) is 3.87. The molecule has 4 atom stereocenters. The first-order valence-electron chi connectivity index (χ1n) is 11.2. The lowest BCUT2D eigenvalue weighted by Gasteiger charge is -2.34. The standard InChI is InChI=1S/C22H28FN5O2/c23-16-8-22(4-1-5-28(22)12-16)13-30-19-7-18-17(9-24-21(29)25-18)20(26-19)27-10-14-2-3-15(6-14)11-27/h7,9,14-16H,1-6,8,10-13H2,(H,24,25,29)/t14?,15?,16-,22+/m1/s1. The third-order valence-electron chi connectivity index (χ3n) is 7.68. The Kier molecular flexibility index (Phi) is 4.27. The number of hydrogen-bond donors (Lipinski definition) is 1. The molecule has 8 heteroatoms. The molecule has 3 saturated heterocycles. The van der Waals surface area contributed by atoms with Gasteiger partial charge in [0, 0.05) is 38.3 Å². The van der Waals surface area contributed by atoms with Gasteiger partial charge in [-0.05, 0) is 50.5 Å². The number of aromatic nitrogens is 3. The summed E-state index contributed by atoms with van der Waals surface area (Å²) in [6.07, 6.45) is 7.35. The zero-order chi connectivity index (χ0) is 20.3. The lowest BCUT2D eigenvalue weighted by molar-refractivity contribution is 0.111. The maximum atomic E-state index is 14.1. The lowest BCUT2D eigenvalue weighted by Crippen LogP contribution is -2.43. The molecule has 3 aliphatic heterocycles. The Morgan fingerprint density at radius 3 is 2.87 bits per heavy atom. The van der Waals surface area contributed by atoms with E-state index in [0.29, 0.717) is 42.8 Å². The molecule has 7 nitrogen and oxygen atoms in total. The van der Waals surface area contributed by atoms with Crippen LogP contribution in [0.4, 0.5) is 10.2 Å². The summed E-state index contributed by atoms with van der Waals surface area (Å²) in [5.74, 6) is 2.77. The van der Waals surface area contributed by atoms with Gasteiger partial charge in [0.2, 0.25) is 5.88 Å². The van der Waals surface area contributed by atoms with Crippen molar-refractivity contribution in [1.82, 2.24) is 19.9 Å². The summed E-state index contributed by atoms with van der Waals surface area (Å²) < 4.78 is 20.3. The van der Waals surface area contributed by atoms with E-state index in [1.54, 1.807) is 12.3 Å². The highest BCUT2D eigenvalue weighted by Gasteiger charge is 2.49. The topological polar surface area (TPSA) is 74.6 Å². The minimum atomic E-state index is -0.775. The first kappa shape index (κ1) is 18.5. The minimum Gasteiger partial charge on any atom is -0.479 e. The van der Waals surface area contributed by atoms with Gasteiger partial charge in [-0.1, -0.05) is 0 Å². The number of rotatable bonds is 4. The van der Waals surface area contributed by atoms with Crippen molar-refractivity contribution >= 4 is 16.7 Å². The normalized spacial score (nSPS) is 33.4. The van der Waals surface area contributed by atoms with Gasteiger partial charge in [0.1, 0.15) is 18.6 Å². The highest BCUT2D eigenvalue weighted by molar-refractivity contribution is 5.90. The van der Waals surface area contributed by atoms with E-state index in [-0.39, 0.29) is 11.5 Å². The summed E-state index contributed by atoms with van der Waals surface area (Å²) in [5.41, 5.74) is 0.421. The van der Waals surface area contributed by atoms with Crippen LogP contribution in [0.3, 0.4) is 0 Å². The molecule has 2 unspecified atom stereocenters. The van der Waals surface area contributed by atoms with Crippen LogP contribution >= 0.6 is 0 Å². The molecule has 1 saturated carbocycles. The molecule has 2 aromatic heterocycles. The minimum absolute atomic E-state index is 0.214. The van der Waals surface area contributed by atoms with Crippen molar-refractivity contribution in [2.75, 3.05) is 37.7 Å². The molecule has 2 bridgehead atoms. The van der Waals surface area contributed by atoms with Gasteiger partial charge in [0.05, 0.1) is 16.4 Å². The largest absolute Gasteiger partial charge is 0.479 e. The molecule has 160 valence electrons. The van der Waals surface area contributed by atoms with Crippen molar-refractivity contribution in [1.29, 1.82) is 0 Å². The smallest absolute Gasteiger partial charge is 0.314 e. The summed E-state index contributed by atoms with van der Waals surface area (Å²) >= 11 is 0.